The first kappa shape index (κ1) is 22.5. The molecule has 0 radical (unpaired) electrons. The van der Waals surface area contributed by atoms with Gasteiger partial charge in [-0.25, -0.2) is 0 Å². The van der Waals surface area contributed by atoms with Crippen molar-refractivity contribution in [2.75, 3.05) is 0 Å². The molecule has 0 aromatic rings. The minimum Gasteiger partial charge on any atom is -1.00 e. The summed E-state index contributed by atoms with van der Waals surface area (Å²) in [4.78, 5) is 16.7. The average Bonchev–Trinajstić information content (AvgIpc) is 1.25. The number of nitrogens with zero attached hydrogens (tertiary/aromatic N) is 2. The molecule has 0 fully saturated rings. The predicted molar refractivity (Wildman–Crippen MR) is 32.8 cm³/mol. The fraction of sp³-hybridized carbons (Fsp3) is 0. The summed E-state index contributed by atoms with van der Waals surface area (Å²) in [6, 6.07) is 0. The third-order valence-corrected chi connectivity index (χ3v) is 0. The van der Waals surface area contributed by atoms with Gasteiger partial charge in [-0.1, -0.05) is 0 Å². The van der Waals surface area contributed by atoms with Crippen LogP contribution in [0.5, 0.6) is 0 Å². The van der Waals surface area contributed by atoms with Crippen LogP contribution in [0.15, 0.2) is 0 Å². The molecule has 0 atom stereocenters. The second-order valence-corrected chi connectivity index (χ2v) is 0.476. The molecule has 0 saturated carbocycles. The number of halogens is 1. The van der Waals surface area contributed by atoms with Gasteiger partial charge >= 0.3 is 37.7 Å². The van der Waals surface area contributed by atoms with Crippen molar-refractivity contribution in [1.82, 2.24) is 0 Å². The number of rotatable bonds is 0. The van der Waals surface area contributed by atoms with Crippen molar-refractivity contribution in [3.8, 4) is 0 Å². The van der Waals surface area contributed by atoms with Crippen LogP contribution >= 0.6 is 12.4 Å². The van der Waals surface area contributed by atoms with Crippen molar-refractivity contribution in [3.05, 3.63) is 20.2 Å². The molecule has 0 aromatic heterocycles. The van der Waals surface area contributed by atoms with E-state index >= 15 is 0 Å². The van der Waals surface area contributed by atoms with Crippen molar-refractivity contribution in [1.29, 1.82) is 0 Å². The van der Waals surface area contributed by atoms with Gasteiger partial charge in [0, 0.05) is 0 Å². The molecule has 0 heterocycles. The molecule has 2 N–H and O–H groups in total. The Hall–Kier alpha value is -0.0503. The Bertz CT molecular complexity index is 81.5. The largest absolute Gasteiger partial charge is 2.00 e. The summed E-state index contributed by atoms with van der Waals surface area (Å²) in [7, 11) is 0. The average molecular weight is 205 g/mol. The van der Waals surface area contributed by atoms with Crippen LogP contribution in [0.2, 0.25) is 0 Å². The third kappa shape index (κ3) is 152000. The molecule has 0 aromatic carbocycles. The van der Waals surface area contributed by atoms with Gasteiger partial charge in [-0.05, 0) is 0 Å². The van der Waals surface area contributed by atoms with E-state index in [0.717, 1.165) is 0 Å². The molecular weight excluding hydrogens is 200 g/mol. The van der Waals surface area contributed by atoms with Crippen molar-refractivity contribution < 1.29 is 23.4 Å². The fourth-order valence-electron chi connectivity index (χ4n) is 0. The van der Waals surface area contributed by atoms with Gasteiger partial charge in [0.2, 0.25) is 0 Å². The van der Waals surface area contributed by atoms with Crippen LogP contribution in [0.3, 0.4) is 0 Å². The Kier molecular flexibility index (Phi) is 36.0. The molecule has 8 nitrogen and oxygen atoms in total. The van der Waals surface area contributed by atoms with Gasteiger partial charge in [-0.2, -0.15) is 0 Å². The standard InChI is InChI=1S/Ca.ClH.2HNO3.2H/c;;2*2-1(3)4;;/h;1H;2*(H,2,3,4);;/q+2;;;;2*-1. The van der Waals surface area contributed by atoms with Gasteiger partial charge in [0.25, 0.3) is 10.2 Å². The summed E-state index contributed by atoms with van der Waals surface area (Å²) in [6.45, 7) is 0. The molecule has 0 rings (SSSR count). The van der Waals surface area contributed by atoms with E-state index in [1.165, 1.54) is 0 Å². The van der Waals surface area contributed by atoms with Gasteiger partial charge in [0.1, 0.15) is 0 Å². The predicted octanol–water partition coefficient (Wildman–Crippen LogP) is -0.429. The van der Waals surface area contributed by atoms with Gasteiger partial charge < -0.3 is 13.3 Å². The monoisotopic (exact) mass is 204 g/mol. The van der Waals surface area contributed by atoms with E-state index in [2.05, 4.69) is 0 Å². The van der Waals surface area contributed by atoms with Gasteiger partial charge in [-0.15, -0.1) is 32.6 Å². The number of hydrogen-bond donors (Lipinski definition) is 2. The van der Waals surface area contributed by atoms with Gasteiger partial charge in [0.15, 0.2) is 0 Å². The maximum Gasteiger partial charge on any atom is 2.00 e. The summed E-state index contributed by atoms with van der Waals surface area (Å²) in [5.74, 6) is 0. The van der Waals surface area contributed by atoms with E-state index in [0.29, 0.717) is 0 Å². The van der Waals surface area contributed by atoms with Crippen LogP contribution in [-0.2, 0) is 0 Å². The zero-order chi connectivity index (χ0) is 7.15. The molecule has 0 amide bonds. The van der Waals surface area contributed by atoms with E-state index < -0.39 is 10.2 Å². The first-order valence-corrected chi connectivity index (χ1v) is 1.13. The summed E-state index contributed by atoms with van der Waals surface area (Å²) >= 11 is 0. The summed E-state index contributed by atoms with van der Waals surface area (Å²) in [5.41, 5.74) is 0. The maximum absolute atomic E-state index is 8.36. The topological polar surface area (TPSA) is 127 Å². The van der Waals surface area contributed by atoms with Gasteiger partial charge in [-0.3, -0.25) is 0 Å². The van der Waals surface area contributed by atoms with Crippen LogP contribution < -0.4 is 0 Å². The smallest absolute Gasteiger partial charge is 1.00 e. The molecule has 0 aliphatic rings. The Balaban J connectivity index is -0.0000000112. The minimum atomic E-state index is -1.50. The zero-order valence-corrected chi connectivity index (χ0v) is 7.56. The van der Waals surface area contributed by atoms with E-state index in [1.54, 1.807) is 0 Å². The SMILES string of the molecule is Cl.O=[N+]([O-])O.O=[N+]([O-])O.[Ca+2].[H-].[H-]. The Morgan fingerprint density at radius 1 is 1.10 bits per heavy atom. The molecule has 0 aliphatic carbocycles. The van der Waals surface area contributed by atoms with E-state index in [-0.39, 0.29) is 53.0 Å². The molecule has 0 saturated heterocycles. The molecule has 10 heavy (non-hydrogen) atoms. The van der Waals surface area contributed by atoms with Crippen LogP contribution in [0.4, 0.5) is 0 Å². The molecule has 60 valence electrons. The van der Waals surface area contributed by atoms with Crippen molar-refractivity contribution in [2.45, 2.75) is 0 Å². The van der Waals surface area contributed by atoms with Crippen LogP contribution in [0.25, 0.3) is 0 Å². The normalized spacial score (nSPS) is 4.80. The molecular formula is H5CaClN2O6. The molecule has 0 bridgehead atoms. The fourth-order valence-corrected chi connectivity index (χ4v) is 0. The van der Waals surface area contributed by atoms with E-state index in [4.69, 9.17) is 30.6 Å². The van der Waals surface area contributed by atoms with Crippen LogP contribution in [0.1, 0.15) is 2.85 Å². The van der Waals surface area contributed by atoms with Crippen molar-refractivity contribution in [2.24, 2.45) is 0 Å². The summed E-state index contributed by atoms with van der Waals surface area (Å²) in [5, 5.41) is 27.3. The summed E-state index contributed by atoms with van der Waals surface area (Å²) in [6.07, 6.45) is 0. The second kappa shape index (κ2) is 16.0. The minimum absolute atomic E-state index is 0. The van der Waals surface area contributed by atoms with Crippen molar-refractivity contribution >= 4 is 50.1 Å². The Morgan fingerprint density at radius 2 is 1.10 bits per heavy atom. The maximum atomic E-state index is 8.36. The Morgan fingerprint density at radius 3 is 1.10 bits per heavy atom. The van der Waals surface area contributed by atoms with Gasteiger partial charge in [0.05, 0.1) is 0 Å². The van der Waals surface area contributed by atoms with E-state index in [9.17, 15) is 0 Å². The zero-order valence-electron chi connectivity index (χ0n) is 6.54. The first-order chi connectivity index (χ1) is 3.46. The number of hydrogen-bond acceptors (Lipinski definition) is 4. The molecule has 10 heteroatoms. The Labute approximate surface area is 93.4 Å². The molecule has 0 unspecified atom stereocenters. The molecule has 0 aliphatic heterocycles. The van der Waals surface area contributed by atoms with Crippen LogP contribution in [0, 0.1) is 20.2 Å². The van der Waals surface area contributed by atoms with Crippen molar-refractivity contribution in [3.63, 3.8) is 0 Å². The summed E-state index contributed by atoms with van der Waals surface area (Å²) < 4.78 is 0. The second-order valence-electron chi connectivity index (χ2n) is 0.476. The third-order valence-electron chi connectivity index (χ3n) is 0. The molecule has 0 spiro atoms. The van der Waals surface area contributed by atoms with E-state index in [1.807, 2.05) is 0 Å². The first-order valence-electron chi connectivity index (χ1n) is 1.13. The van der Waals surface area contributed by atoms with Crippen LogP contribution in [-0.4, -0.2) is 58.3 Å². The quantitative estimate of drug-likeness (QED) is 0.313.